The Bertz CT molecular complexity index is 1150. The van der Waals surface area contributed by atoms with Gasteiger partial charge in [-0.25, -0.2) is 9.37 Å². The molecule has 1 saturated heterocycles. The Morgan fingerprint density at radius 3 is 2.52 bits per heavy atom. The quantitative estimate of drug-likeness (QED) is 0.636. The van der Waals surface area contributed by atoms with E-state index >= 15 is 0 Å². The summed E-state index contributed by atoms with van der Waals surface area (Å²) in [6.07, 6.45) is 4.72. The minimum absolute atomic E-state index is 0.0688. The van der Waals surface area contributed by atoms with Gasteiger partial charge in [-0.3, -0.25) is 4.79 Å². The summed E-state index contributed by atoms with van der Waals surface area (Å²) in [5.74, 6) is -0.491. The van der Waals surface area contributed by atoms with E-state index in [2.05, 4.69) is 0 Å². The lowest BCUT2D eigenvalue weighted by Gasteiger charge is -2.32. The third kappa shape index (κ3) is 3.58. The average Bonchev–Trinajstić information content (AvgIpc) is 3.32. The molecule has 1 atom stereocenters. The lowest BCUT2D eigenvalue weighted by Crippen LogP contribution is -2.39. The maximum atomic E-state index is 13.4. The number of amides is 1. The molecule has 3 aromatic rings. The highest BCUT2D eigenvalue weighted by molar-refractivity contribution is 5.91. The van der Waals surface area contributed by atoms with Crippen LogP contribution in [0, 0.1) is 11.7 Å². The number of aromatic carboxylic acids is 1. The molecule has 1 aliphatic carbocycles. The summed E-state index contributed by atoms with van der Waals surface area (Å²) in [4.78, 5) is 31.1. The molecule has 0 N–H and O–H groups in total. The molecule has 1 aliphatic heterocycles. The fourth-order valence-corrected chi connectivity index (χ4v) is 4.66. The molecule has 1 saturated carbocycles. The second-order valence-electron chi connectivity index (χ2n) is 8.49. The standard InChI is InChI=1S/C24H24FN3O3/c25-18-9-6-15(7-10-18)14-28-20-11-8-17(24(30)31)13-19(20)26-22(28)21-5-2-12-27(21)23(29)16-3-1-4-16/h6-11,13,16,21H,1-5,12,14H2,(H,30,31)/p-1/t21-/m0/s1. The van der Waals surface area contributed by atoms with Crippen molar-refractivity contribution in [3.8, 4) is 0 Å². The first-order valence-corrected chi connectivity index (χ1v) is 10.8. The van der Waals surface area contributed by atoms with Crippen LogP contribution in [-0.2, 0) is 11.3 Å². The molecule has 0 radical (unpaired) electrons. The number of nitrogens with zero attached hydrogens (tertiary/aromatic N) is 3. The Kier molecular flexibility index (Phi) is 4.96. The summed E-state index contributed by atoms with van der Waals surface area (Å²) in [7, 11) is 0. The van der Waals surface area contributed by atoms with Gasteiger partial charge in [0, 0.05) is 19.0 Å². The van der Waals surface area contributed by atoms with Gasteiger partial charge in [-0.15, -0.1) is 0 Å². The van der Waals surface area contributed by atoms with Crippen LogP contribution in [0.3, 0.4) is 0 Å². The Morgan fingerprint density at radius 2 is 1.84 bits per heavy atom. The van der Waals surface area contributed by atoms with E-state index < -0.39 is 5.97 Å². The topological polar surface area (TPSA) is 78.3 Å². The number of rotatable bonds is 5. The highest BCUT2D eigenvalue weighted by Crippen LogP contribution is 2.38. The second-order valence-corrected chi connectivity index (χ2v) is 8.49. The van der Waals surface area contributed by atoms with E-state index in [1.165, 1.54) is 24.3 Å². The molecule has 1 aromatic heterocycles. The fraction of sp³-hybridized carbons (Fsp3) is 0.375. The van der Waals surface area contributed by atoms with Gasteiger partial charge in [0.1, 0.15) is 11.6 Å². The number of carbonyl (C=O) groups excluding carboxylic acids is 2. The molecular weight excluding hydrogens is 397 g/mol. The summed E-state index contributed by atoms with van der Waals surface area (Å²) in [6, 6.07) is 10.9. The van der Waals surface area contributed by atoms with Gasteiger partial charge in [0.2, 0.25) is 5.91 Å². The van der Waals surface area contributed by atoms with Crippen molar-refractivity contribution in [2.45, 2.75) is 44.7 Å². The first kappa shape index (κ1) is 19.7. The fourth-order valence-electron chi connectivity index (χ4n) is 4.66. The molecular formula is C24H23FN3O3-. The van der Waals surface area contributed by atoms with Crippen molar-refractivity contribution in [3.63, 3.8) is 0 Å². The van der Waals surface area contributed by atoms with Crippen LogP contribution >= 0.6 is 0 Å². The number of halogens is 1. The maximum Gasteiger partial charge on any atom is 0.226 e. The van der Waals surface area contributed by atoms with E-state index in [4.69, 9.17) is 4.98 Å². The zero-order chi connectivity index (χ0) is 21.5. The van der Waals surface area contributed by atoms with Crippen LogP contribution in [0.5, 0.6) is 0 Å². The van der Waals surface area contributed by atoms with E-state index in [-0.39, 0.29) is 29.2 Å². The number of carbonyl (C=O) groups is 2. The number of imidazole rings is 1. The van der Waals surface area contributed by atoms with Gasteiger partial charge in [0.15, 0.2) is 0 Å². The predicted octanol–water partition coefficient (Wildman–Crippen LogP) is 3.05. The van der Waals surface area contributed by atoms with Gasteiger partial charge < -0.3 is 19.4 Å². The molecule has 31 heavy (non-hydrogen) atoms. The van der Waals surface area contributed by atoms with Crippen LogP contribution in [0.25, 0.3) is 11.0 Å². The summed E-state index contributed by atoms with van der Waals surface area (Å²) in [5.41, 5.74) is 2.31. The largest absolute Gasteiger partial charge is 0.545 e. The Labute approximate surface area is 179 Å². The van der Waals surface area contributed by atoms with Gasteiger partial charge in [-0.1, -0.05) is 24.6 Å². The molecule has 2 aliphatic rings. The zero-order valence-electron chi connectivity index (χ0n) is 17.1. The van der Waals surface area contributed by atoms with E-state index in [1.807, 2.05) is 9.47 Å². The SMILES string of the molecule is O=C([O-])c1ccc2c(c1)nc([C@@H]1CCCN1C(=O)C1CCC1)n2Cc1ccc(F)cc1. The number of likely N-dealkylation sites (tertiary alicyclic amines) is 1. The monoisotopic (exact) mass is 420 g/mol. The summed E-state index contributed by atoms with van der Waals surface area (Å²) >= 11 is 0. The van der Waals surface area contributed by atoms with E-state index in [9.17, 15) is 19.1 Å². The van der Waals surface area contributed by atoms with Gasteiger partial charge >= 0.3 is 0 Å². The maximum absolute atomic E-state index is 13.4. The first-order valence-electron chi connectivity index (χ1n) is 10.8. The molecule has 2 heterocycles. The lowest BCUT2D eigenvalue weighted by atomic mass is 9.84. The minimum atomic E-state index is -1.25. The lowest BCUT2D eigenvalue weighted by molar-refractivity contribution is -0.255. The van der Waals surface area contributed by atoms with Crippen molar-refractivity contribution < 1.29 is 19.1 Å². The first-order chi connectivity index (χ1) is 15.0. The van der Waals surface area contributed by atoms with Crippen molar-refractivity contribution >= 4 is 22.9 Å². The molecule has 0 unspecified atom stereocenters. The second kappa shape index (κ2) is 7.80. The van der Waals surface area contributed by atoms with Crippen LogP contribution in [0.15, 0.2) is 42.5 Å². The van der Waals surface area contributed by atoms with Crippen LogP contribution in [0.1, 0.15) is 59.9 Å². The molecule has 2 fully saturated rings. The number of carboxylic acids is 1. The third-order valence-corrected chi connectivity index (χ3v) is 6.56. The normalized spacial score (nSPS) is 19.0. The predicted molar refractivity (Wildman–Crippen MR) is 111 cm³/mol. The van der Waals surface area contributed by atoms with Crippen molar-refractivity contribution in [1.29, 1.82) is 0 Å². The summed E-state index contributed by atoms with van der Waals surface area (Å²) < 4.78 is 15.4. The van der Waals surface area contributed by atoms with Gasteiger partial charge in [-0.05, 0) is 61.1 Å². The van der Waals surface area contributed by atoms with E-state index in [0.29, 0.717) is 18.6 Å². The molecule has 2 aromatic carbocycles. The molecule has 7 heteroatoms. The van der Waals surface area contributed by atoms with Crippen LogP contribution in [0.4, 0.5) is 4.39 Å². The molecule has 0 spiro atoms. The highest BCUT2D eigenvalue weighted by Gasteiger charge is 2.38. The number of carboxylic acid groups (broad SMARTS) is 1. The highest BCUT2D eigenvalue weighted by atomic mass is 19.1. The Balaban J connectivity index is 1.58. The van der Waals surface area contributed by atoms with Crippen LogP contribution in [-0.4, -0.2) is 32.9 Å². The Morgan fingerprint density at radius 1 is 1.06 bits per heavy atom. The van der Waals surface area contributed by atoms with Crippen molar-refractivity contribution in [1.82, 2.24) is 14.5 Å². The van der Waals surface area contributed by atoms with Crippen LogP contribution in [0.2, 0.25) is 0 Å². The number of hydrogen-bond donors (Lipinski definition) is 0. The molecule has 160 valence electrons. The molecule has 0 bridgehead atoms. The van der Waals surface area contributed by atoms with Crippen molar-refractivity contribution in [2.24, 2.45) is 5.92 Å². The van der Waals surface area contributed by atoms with E-state index in [0.717, 1.165) is 49.0 Å². The minimum Gasteiger partial charge on any atom is -0.545 e. The van der Waals surface area contributed by atoms with Gasteiger partial charge in [0.05, 0.1) is 23.0 Å². The van der Waals surface area contributed by atoms with Gasteiger partial charge in [-0.2, -0.15) is 0 Å². The van der Waals surface area contributed by atoms with Gasteiger partial charge in [0.25, 0.3) is 0 Å². The smallest absolute Gasteiger partial charge is 0.226 e. The average molecular weight is 420 g/mol. The van der Waals surface area contributed by atoms with Crippen molar-refractivity contribution in [2.75, 3.05) is 6.54 Å². The molecule has 1 amide bonds. The van der Waals surface area contributed by atoms with Crippen LogP contribution < -0.4 is 5.11 Å². The Hall–Kier alpha value is -3.22. The zero-order valence-corrected chi connectivity index (χ0v) is 17.1. The number of benzene rings is 2. The molecule has 6 nitrogen and oxygen atoms in total. The summed E-state index contributed by atoms with van der Waals surface area (Å²) in [5, 5.41) is 11.3. The van der Waals surface area contributed by atoms with E-state index in [1.54, 1.807) is 18.2 Å². The number of fused-ring (bicyclic) bond motifs is 1. The van der Waals surface area contributed by atoms with Crippen molar-refractivity contribution in [3.05, 3.63) is 65.2 Å². The summed E-state index contributed by atoms with van der Waals surface area (Å²) in [6.45, 7) is 1.17. The number of aromatic nitrogens is 2. The molecule has 5 rings (SSSR count). The third-order valence-electron chi connectivity index (χ3n) is 6.56. The number of hydrogen-bond acceptors (Lipinski definition) is 4.